The van der Waals surface area contributed by atoms with E-state index in [9.17, 15) is 13.2 Å². The number of hydrogen-bond acceptors (Lipinski definition) is 2. The van der Waals surface area contributed by atoms with Crippen molar-refractivity contribution in [3.8, 4) is 6.07 Å². The quantitative estimate of drug-likeness (QED) is 0.753. The van der Waals surface area contributed by atoms with Crippen molar-refractivity contribution in [2.45, 2.75) is 19.0 Å². The molecule has 0 spiro atoms. The highest BCUT2D eigenvalue weighted by molar-refractivity contribution is 5.61. The van der Waals surface area contributed by atoms with Crippen molar-refractivity contribution >= 4 is 5.69 Å². The second kappa shape index (κ2) is 4.28. The second-order valence-electron chi connectivity index (χ2n) is 4.04. The number of nitriles is 1. The number of alkyl halides is 3. The van der Waals surface area contributed by atoms with Crippen molar-refractivity contribution in [1.29, 1.82) is 5.26 Å². The third-order valence-electron chi connectivity index (χ3n) is 2.89. The van der Waals surface area contributed by atoms with E-state index in [4.69, 9.17) is 5.26 Å². The van der Waals surface area contributed by atoms with Gasteiger partial charge >= 0.3 is 6.18 Å². The van der Waals surface area contributed by atoms with E-state index < -0.39 is 11.7 Å². The van der Waals surface area contributed by atoms with E-state index in [2.05, 4.69) is 0 Å². The average molecular weight is 240 g/mol. The van der Waals surface area contributed by atoms with Crippen LogP contribution < -0.4 is 4.90 Å². The Morgan fingerprint density at radius 3 is 2.35 bits per heavy atom. The van der Waals surface area contributed by atoms with Gasteiger partial charge in [0.05, 0.1) is 16.8 Å². The normalized spacial score (nSPS) is 16.0. The topological polar surface area (TPSA) is 27.0 Å². The van der Waals surface area contributed by atoms with Crippen LogP contribution in [0, 0.1) is 11.3 Å². The Bertz CT molecular complexity index is 454. The van der Waals surface area contributed by atoms with Crippen molar-refractivity contribution in [2.75, 3.05) is 18.0 Å². The number of rotatable bonds is 1. The zero-order valence-corrected chi connectivity index (χ0v) is 9.09. The molecule has 90 valence electrons. The maximum absolute atomic E-state index is 12.5. The number of nitrogens with zero attached hydrogens (tertiary/aromatic N) is 2. The summed E-state index contributed by atoms with van der Waals surface area (Å²) >= 11 is 0. The Morgan fingerprint density at radius 2 is 1.82 bits per heavy atom. The first-order chi connectivity index (χ1) is 8.02. The summed E-state index contributed by atoms with van der Waals surface area (Å²) in [6.45, 7) is 1.61. The molecule has 1 heterocycles. The first-order valence-electron chi connectivity index (χ1n) is 5.38. The Balaban J connectivity index is 2.39. The first-order valence-corrected chi connectivity index (χ1v) is 5.38. The van der Waals surface area contributed by atoms with Gasteiger partial charge in [0.15, 0.2) is 0 Å². The van der Waals surface area contributed by atoms with Crippen LogP contribution in [0.2, 0.25) is 0 Å². The summed E-state index contributed by atoms with van der Waals surface area (Å²) in [5, 5.41) is 8.92. The van der Waals surface area contributed by atoms with Gasteiger partial charge in [-0.2, -0.15) is 18.4 Å². The van der Waals surface area contributed by atoms with Crippen LogP contribution >= 0.6 is 0 Å². The van der Waals surface area contributed by atoms with Crippen LogP contribution in [0.15, 0.2) is 18.2 Å². The first kappa shape index (κ1) is 11.8. The molecule has 0 aliphatic carbocycles. The molecule has 1 saturated heterocycles. The third kappa shape index (κ3) is 2.36. The molecule has 0 saturated carbocycles. The number of hydrogen-bond donors (Lipinski definition) is 0. The largest absolute Gasteiger partial charge is 0.416 e. The fraction of sp³-hybridized carbons (Fsp3) is 0.417. The zero-order valence-electron chi connectivity index (χ0n) is 9.09. The molecule has 1 aliphatic rings. The third-order valence-corrected chi connectivity index (χ3v) is 2.89. The van der Waals surface area contributed by atoms with E-state index in [0.29, 0.717) is 5.69 Å². The predicted octanol–water partition coefficient (Wildman–Crippen LogP) is 3.18. The lowest BCUT2D eigenvalue weighted by molar-refractivity contribution is -0.137. The molecular weight excluding hydrogens is 229 g/mol. The van der Waals surface area contributed by atoms with Gasteiger partial charge < -0.3 is 4.90 Å². The lowest BCUT2D eigenvalue weighted by atomic mass is 10.1. The fourth-order valence-electron chi connectivity index (χ4n) is 2.04. The summed E-state index contributed by atoms with van der Waals surface area (Å²) in [6, 6.07) is 5.20. The van der Waals surface area contributed by atoms with Crippen LogP contribution in [0.3, 0.4) is 0 Å². The maximum Gasteiger partial charge on any atom is 0.416 e. The van der Waals surface area contributed by atoms with E-state index in [1.807, 2.05) is 11.0 Å². The van der Waals surface area contributed by atoms with Gasteiger partial charge in [-0.3, -0.25) is 0 Å². The molecule has 1 aliphatic heterocycles. The highest BCUT2D eigenvalue weighted by atomic mass is 19.4. The van der Waals surface area contributed by atoms with Crippen molar-refractivity contribution in [3.63, 3.8) is 0 Å². The number of halogens is 3. The second-order valence-corrected chi connectivity index (χ2v) is 4.04. The molecule has 0 radical (unpaired) electrons. The van der Waals surface area contributed by atoms with Crippen LogP contribution in [-0.4, -0.2) is 13.1 Å². The molecular formula is C12H11F3N2. The molecule has 0 atom stereocenters. The van der Waals surface area contributed by atoms with E-state index in [0.717, 1.165) is 38.1 Å². The highest BCUT2D eigenvalue weighted by Gasteiger charge is 2.31. The molecule has 17 heavy (non-hydrogen) atoms. The lowest BCUT2D eigenvalue weighted by Crippen LogP contribution is -2.19. The monoisotopic (exact) mass is 240 g/mol. The molecule has 0 unspecified atom stereocenters. The number of benzene rings is 1. The molecule has 1 aromatic carbocycles. The Labute approximate surface area is 97.3 Å². The van der Waals surface area contributed by atoms with Gasteiger partial charge in [0.2, 0.25) is 0 Å². The van der Waals surface area contributed by atoms with Crippen LogP contribution in [0.4, 0.5) is 18.9 Å². The smallest absolute Gasteiger partial charge is 0.370 e. The van der Waals surface area contributed by atoms with Crippen LogP contribution in [0.1, 0.15) is 24.0 Å². The Morgan fingerprint density at radius 1 is 1.18 bits per heavy atom. The van der Waals surface area contributed by atoms with Crippen molar-refractivity contribution < 1.29 is 13.2 Å². The van der Waals surface area contributed by atoms with Gasteiger partial charge in [0, 0.05) is 13.1 Å². The molecule has 5 heteroatoms. The summed E-state index contributed by atoms with van der Waals surface area (Å²) in [6.07, 6.45) is -2.35. The van der Waals surface area contributed by atoms with Gasteiger partial charge in [0.25, 0.3) is 0 Å². The summed E-state index contributed by atoms with van der Waals surface area (Å²) in [5.41, 5.74) is -0.0586. The minimum atomic E-state index is -4.39. The summed E-state index contributed by atoms with van der Waals surface area (Å²) < 4.78 is 37.5. The Kier molecular flexibility index (Phi) is 2.97. The van der Waals surface area contributed by atoms with E-state index >= 15 is 0 Å². The van der Waals surface area contributed by atoms with E-state index in [1.54, 1.807) is 0 Å². The minimum Gasteiger partial charge on any atom is -0.370 e. The average Bonchev–Trinajstić information content (AvgIpc) is 2.80. The van der Waals surface area contributed by atoms with E-state index in [-0.39, 0.29) is 5.56 Å². The summed E-state index contributed by atoms with van der Waals surface area (Å²) in [7, 11) is 0. The lowest BCUT2D eigenvalue weighted by Gasteiger charge is -2.19. The van der Waals surface area contributed by atoms with Crippen LogP contribution in [-0.2, 0) is 6.18 Å². The molecule has 0 N–H and O–H groups in total. The molecule has 1 aromatic rings. The van der Waals surface area contributed by atoms with E-state index in [1.165, 1.54) is 6.07 Å². The fourth-order valence-corrected chi connectivity index (χ4v) is 2.04. The summed E-state index contributed by atoms with van der Waals surface area (Å²) in [5.74, 6) is 0. The van der Waals surface area contributed by atoms with Crippen LogP contribution in [0.25, 0.3) is 0 Å². The molecule has 1 fully saturated rings. The standard InChI is InChI=1S/C12H11F3N2/c13-12(14,15)10-3-4-11(9(7-10)8-16)17-5-1-2-6-17/h3-4,7H,1-2,5-6H2. The van der Waals surface area contributed by atoms with Gasteiger partial charge in [-0.25, -0.2) is 0 Å². The number of anilines is 1. The van der Waals surface area contributed by atoms with Gasteiger partial charge in [-0.15, -0.1) is 0 Å². The maximum atomic E-state index is 12.5. The molecule has 0 amide bonds. The van der Waals surface area contributed by atoms with Crippen LogP contribution in [0.5, 0.6) is 0 Å². The minimum absolute atomic E-state index is 0.0988. The zero-order chi connectivity index (χ0) is 12.5. The van der Waals surface area contributed by atoms with Crippen molar-refractivity contribution in [2.24, 2.45) is 0 Å². The predicted molar refractivity (Wildman–Crippen MR) is 57.6 cm³/mol. The van der Waals surface area contributed by atoms with Crippen molar-refractivity contribution in [3.05, 3.63) is 29.3 Å². The van der Waals surface area contributed by atoms with Gasteiger partial charge in [-0.05, 0) is 31.0 Å². The molecule has 0 bridgehead atoms. The highest BCUT2D eigenvalue weighted by Crippen LogP contribution is 2.33. The SMILES string of the molecule is N#Cc1cc(C(F)(F)F)ccc1N1CCCC1. The molecule has 2 rings (SSSR count). The van der Waals surface area contributed by atoms with Gasteiger partial charge in [-0.1, -0.05) is 0 Å². The van der Waals surface area contributed by atoms with Gasteiger partial charge in [0.1, 0.15) is 6.07 Å². The summed E-state index contributed by atoms with van der Waals surface area (Å²) in [4.78, 5) is 1.96. The Hall–Kier alpha value is -1.70. The molecule has 2 nitrogen and oxygen atoms in total. The van der Waals surface area contributed by atoms with Crippen molar-refractivity contribution in [1.82, 2.24) is 0 Å². The molecule has 0 aromatic heterocycles.